The number of nitrogen functional groups attached to an aromatic ring is 1. The van der Waals surface area contributed by atoms with Crippen LogP contribution in [0.3, 0.4) is 0 Å². The van der Waals surface area contributed by atoms with Crippen LogP contribution in [0.25, 0.3) is 22.0 Å². The second-order valence-corrected chi connectivity index (χ2v) is 7.45. The van der Waals surface area contributed by atoms with Gasteiger partial charge in [-0.1, -0.05) is 11.6 Å². The van der Waals surface area contributed by atoms with Gasteiger partial charge < -0.3 is 16.4 Å². The first-order valence-electron chi connectivity index (χ1n) is 7.57. The smallest absolute Gasteiger partial charge is 0.197 e. The van der Waals surface area contributed by atoms with E-state index in [1.54, 1.807) is 6.07 Å². The van der Waals surface area contributed by atoms with Gasteiger partial charge in [0, 0.05) is 30.0 Å². The van der Waals surface area contributed by atoms with Crippen molar-refractivity contribution in [2.24, 2.45) is 4.99 Å². The average Bonchev–Trinajstić information content (AvgIpc) is 3.27. The van der Waals surface area contributed by atoms with Gasteiger partial charge in [-0.15, -0.1) is 22.7 Å². The lowest BCUT2D eigenvalue weighted by Crippen LogP contribution is -2.35. The van der Waals surface area contributed by atoms with E-state index in [0.29, 0.717) is 10.8 Å². The van der Waals surface area contributed by atoms with E-state index in [0.717, 1.165) is 52.6 Å². The van der Waals surface area contributed by atoms with Gasteiger partial charge in [0.2, 0.25) is 0 Å². The molecule has 0 fully saturated rings. The highest BCUT2D eigenvalue weighted by Gasteiger charge is 2.14. The van der Waals surface area contributed by atoms with Gasteiger partial charge >= 0.3 is 0 Å². The molecule has 4 rings (SSSR count). The zero-order chi connectivity index (χ0) is 17.2. The number of nitrogens with zero attached hydrogens (tertiary/aromatic N) is 4. The Kier molecular flexibility index (Phi) is 4.51. The molecule has 1 aliphatic heterocycles. The minimum absolute atomic E-state index is 0.410. The Hall–Kier alpha value is -2.23. The molecule has 0 spiro atoms. The zero-order valence-corrected chi connectivity index (χ0v) is 15.4. The van der Waals surface area contributed by atoms with Gasteiger partial charge in [-0.25, -0.2) is 15.0 Å². The van der Waals surface area contributed by atoms with Crippen LogP contribution in [0.2, 0.25) is 5.02 Å². The summed E-state index contributed by atoms with van der Waals surface area (Å²) in [6.45, 7) is 1.76. The number of aliphatic imine (C=N–C) groups is 1. The molecule has 0 saturated heterocycles. The van der Waals surface area contributed by atoms with Crippen molar-refractivity contribution < 1.29 is 0 Å². The SMILES string of the molecule is Nc1ncc(Cl)cc1-c1nc(-c2csc(NC3=NCCCN3)n2)cs1. The molecule has 0 atom stereocenters. The summed E-state index contributed by atoms with van der Waals surface area (Å²) in [5.41, 5.74) is 8.26. The highest BCUT2D eigenvalue weighted by atomic mass is 35.5. The molecular weight excluding hydrogens is 378 g/mol. The molecule has 0 saturated carbocycles. The van der Waals surface area contributed by atoms with Gasteiger partial charge in [0.05, 0.1) is 10.6 Å². The monoisotopic (exact) mass is 391 g/mol. The van der Waals surface area contributed by atoms with Crippen LogP contribution in [-0.2, 0) is 0 Å². The van der Waals surface area contributed by atoms with E-state index in [1.807, 2.05) is 10.8 Å². The molecule has 3 aromatic heterocycles. The number of aromatic nitrogens is 3. The quantitative estimate of drug-likeness (QED) is 0.633. The summed E-state index contributed by atoms with van der Waals surface area (Å²) in [7, 11) is 0. The van der Waals surface area contributed by atoms with Crippen LogP contribution in [0, 0.1) is 0 Å². The number of rotatable bonds is 3. The molecule has 0 aromatic carbocycles. The maximum Gasteiger partial charge on any atom is 0.197 e. The number of pyridine rings is 1. The largest absolute Gasteiger partial charge is 0.383 e. The molecule has 4 N–H and O–H groups in total. The van der Waals surface area contributed by atoms with E-state index in [-0.39, 0.29) is 0 Å². The fraction of sp³-hybridized carbons (Fsp3) is 0.200. The molecular formula is C15H14ClN7S2. The van der Waals surface area contributed by atoms with Crippen LogP contribution in [0.1, 0.15) is 6.42 Å². The van der Waals surface area contributed by atoms with Crippen molar-refractivity contribution in [2.45, 2.75) is 6.42 Å². The molecule has 0 radical (unpaired) electrons. The molecule has 1 aliphatic rings. The lowest BCUT2D eigenvalue weighted by Gasteiger charge is -2.13. The number of hydrogen-bond acceptors (Lipinski definition) is 9. The Morgan fingerprint density at radius 3 is 2.88 bits per heavy atom. The number of nitrogens with two attached hydrogens (primary N) is 1. The van der Waals surface area contributed by atoms with Crippen LogP contribution in [0.4, 0.5) is 10.9 Å². The van der Waals surface area contributed by atoms with E-state index in [4.69, 9.17) is 17.3 Å². The van der Waals surface area contributed by atoms with Crippen LogP contribution >= 0.6 is 34.3 Å². The normalized spacial score (nSPS) is 14.0. The number of halogens is 1. The third-order valence-corrected chi connectivity index (χ3v) is 5.35. The molecule has 128 valence electrons. The van der Waals surface area contributed by atoms with Crippen LogP contribution < -0.4 is 16.4 Å². The lowest BCUT2D eigenvalue weighted by molar-refractivity contribution is 0.740. The Morgan fingerprint density at radius 1 is 1.20 bits per heavy atom. The Bertz CT molecular complexity index is 934. The van der Waals surface area contributed by atoms with Gasteiger partial charge in [0.1, 0.15) is 22.2 Å². The van der Waals surface area contributed by atoms with Gasteiger partial charge in [0.25, 0.3) is 0 Å². The molecule has 3 aromatic rings. The molecule has 4 heterocycles. The first kappa shape index (κ1) is 16.2. The van der Waals surface area contributed by atoms with Crippen molar-refractivity contribution in [3.8, 4) is 22.0 Å². The molecule has 25 heavy (non-hydrogen) atoms. The Balaban J connectivity index is 1.56. The van der Waals surface area contributed by atoms with Gasteiger partial charge in [-0.3, -0.25) is 4.99 Å². The van der Waals surface area contributed by atoms with E-state index in [2.05, 4.69) is 30.6 Å². The minimum Gasteiger partial charge on any atom is -0.383 e. The number of nitrogens with one attached hydrogen (secondary N) is 2. The average molecular weight is 392 g/mol. The zero-order valence-electron chi connectivity index (χ0n) is 13.0. The third-order valence-electron chi connectivity index (χ3n) is 3.51. The standard InChI is InChI=1S/C15H14ClN7S2/c16-8-4-9(12(17)20-5-8)13-21-10(6-24-13)11-7-25-15(22-11)23-14-18-2-1-3-19-14/h4-7H,1-3H2,(H2,17,20)(H2,18,19,22,23). The van der Waals surface area contributed by atoms with E-state index in [1.165, 1.54) is 28.9 Å². The van der Waals surface area contributed by atoms with Crippen molar-refractivity contribution in [2.75, 3.05) is 24.1 Å². The second-order valence-electron chi connectivity index (χ2n) is 5.30. The van der Waals surface area contributed by atoms with Crippen molar-refractivity contribution >= 4 is 51.2 Å². The number of hydrogen-bond donors (Lipinski definition) is 3. The van der Waals surface area contributed by atoms with Crippen LogP contribution in [0.5, 0.6) is 0 Å². The topological polar surface area (TPSA) is 101 Å². The molecule has 0 unspecified atom stereocenters. The summed E-state index contributed by atoms with van der Waals surface area (Å²) in [5.74, 6) is 1.18. The summed E-state index contributed by atoms with van der Waals surface area (Å²) in [6, 6.07) is 1.77. The van der Waals surface area contributed by atoms with Crippen molar-refractivity contribution in [1.29, 1.82) is 0 Å². The maximum atomic E-state index is 6.01. The van der Waals surface area contributed by atoms with E-state index in [9.17, 15) is 0 Å². The van der Waals surface area contributed by atoms with Crippen LogP contribution in [0.15, 0.2) is 28.0 Å². The Morgan fingerprint density at radius 2 is 2.04 bits per heavy atom. The molecule has 10 heteroatoms. The van der Waals surface area contributed by atoms with E-state index < -0.39 is 0 Å². The van der Waals surface area contributed by atoms with Gasteiger partial charge in [-0.05, 0) is 12.5 Å². The second kappa shape index (κ2) is 6.95. The number of anilines is 2. The molecule has 0 amide bonds. The third kappa shape index (κ3) is 3.58. The highest BCUT2D eigenvalue weighted by molar-refractivity contribution is 7.14. The summed E-state index contributed by atoms with van der Waals surface area (Å²) in [4.78, 5) is 17.7. The highest BCUT2D eigenvalue weighted by Crippen LogP contribution is 2.33. The fourth-order valence-corrected chi connectivity index (χ4v) is 4.00. The predicted octanol–water partition coefficient (Wildman–Crippen LogP) is 3.33. The minimum atomic E-state index is 0.410. The number of guanidine groups is 1. The van der Waals surface area contributed by atoms with Crippen molar-refractivity contribution in [3.05, 3.63) is 28.0 Å². The van der Waals surface area contributed by atoms with Crippen molar-refractivity contribution in [3.63, 3.8) is 0 Å². The van der Waals surface area contributed by atoms with Crippen molar-refractivity contribution in [1.82, 2.24) is 20.3 Å². The molecule has 7 nitrogen and oxygen atoms in total. The van der Waals surface area contributed by atoms with Crippen LogP contribution in [-0.4, -0.2) is 34.0 Å². The van der Waals surface area contributed by atoms with Gasteiger partial charge in [0.15, 0.2) is 11.1 Å². The Labute approximate surface area is 157 Å². The summed E-state index contributed by atoms with van der Waals surface area (Å²) < 4.78 is 0. The lowest BCUT2D eigenvalue weighted by atomic mass is 10.2. The maximum absolute atomic E-state index is 6.01. The molecule has 0 aliphatic carbocycles. The molecule has 0 bridgehead atoms. The first-order valence-corrected chi connectivity index (χ1v) is 9.71. The summed E-state index contributed by atoms with van der Waals surface area (Å²) in [5, 5.41) is 12.4. The number of thiazole rings is 2. The summed E-state index contributed by atoms with van der Waals surface area (Å²) in [6.07, 6.45) is 2.58. The summed E-state index contributed by atoms with van der Waals surface area (Å²) >= 11 is 9.00. The van der Waals surface area contributed by atoms with E-state index >= 15 is 0 Å². The first-order chi connectivity index (χ1) is 12.2. The van der Waals surface area contributed by atoms with Gasteiger partial charge in [-0.2, -0.15) is 0 Å². The fourth-order valence-electron chi connectivity index (χ4n) is 2.30. The predicted molar refractivity (Wildman–Crippen MR) is 104 cm³/mol.